The molecule has 0 fully saturated rings. The summed E-state index contributed by atoms with van der Waals surface area (Å²) < 4.78 is 0. The Hall–Kier alpha value is -6.80. The molecule has 322 valence electrons. The Balaban J connectivity index is 1.04. The highest BCUT2D eigenvalue weighted by Gasteiger charge is 2.47. The maximum Gasteiger partial charge on any atom is 0.113 e. The van der Waals surface area contributed by atoms with Gasteiger partial charge in [0.25, 0.3) is 0 Å². The third-order valence-electron chi connectivity index (χ3n) is 17.3. The Bertz CT molecular complexity index is 3670. The van der Waals surface area contributed by atoms with E-state index >= 15 is 0 Å². The molecular weight excluding hydrogens is 821 g/mol. The lowest BCUT2D eigenvalue weighted by Gasteiger charge is -2.40. The van der Waals surface area contributed by atoms with Gasteiger partial charge in [0, 0.05) is 22.7 Å². The molecule has 0 radical (unpaired) electrons. The molecule has 1 aliphatic heterocycles. The minimum Gasteiger partial charge on any atom is -0.0836 e. The molecule has 67 heavy (non-hydrogen) atoms. The second kappa shape index (κ2) is 13.6. The predicted molar refractivity (Wildman–Crippen MR) is 286 cm³/mol. The molecule has 0 bridgehead atoms. The Morgan fingerprint density at radius 3 is 1.94 bits per heavy atom. The first kappa shape index (κ1) is 39.4. The molecule has 8 aromatic rings. The van der Waals surface area contributed by atoms with E-state index in [0.29, 0.717) is 0 Å². The summed E-state index contributed by atoms with van der Waals surface area (Å²) in [5.74, 6) is 0.270. The third kappa shape index (κ3) is 5.41. The van der Waals surface area contributed by atoms with E-state index in [-0.39, 0.29) is 22.7 Å². The van der Waals surface area contributed by atoms with Crippen molar-refractivity contribution in [3.8, 4) is 33.4 Å². The molecular formula is C66H54Si. The molecule has 1 heterocycles. The van der Waals surface area contributed by atoms with Gasteiger partial charge in [0.2, 0.25) is 0 Å². The normalized spacial score (nSPS) is 20.1. The summed E-state index contributed by atoms with van der Waals surface area (Å²) in [5, 5.41) is 5.77. The van der Waals surface area contributed by atoms with Crippen LogP contribution in [0.25, 0.3) is 61.4 Å². The van der Waals surface area contributed by atoms with Crippen LogP contribution in [0, 0.1) is 5.92 Å². The molecule has 0 saturated carbocycles. The van der Waals surface area contributed by atoms with E-state index in [1.807, 2.05) is 0 Å². The molecule has 8 aromatic carbocycles. The molecule has 0 amide bonds. The number of allylic oxidation sites excluding steroid dienone is 6. The molecule has 5 aliphatic carbocycles. The largest absolute Gasteiger partial charge is 0.113 e. The van der Waals surface area contributed by atoms with Gasteiger partial charge in [-0.1, -0.05) is 199 Å². The number of fused-ring (bicyclic) bond motifs is 13. The molecule has 0 saturated heterocycles. The van der Waals surface area contributed by atoms with Gasteiger partial charge in [-0.15, -0.1) is 0 Å². The molecule has 14 rings (SSSR count). The summed E-state index contributed by atoms with van der Waals surface area (Å²) >= 11 is 0. The fourth-order valence-corrected chi connectivity index (χ4v) is 16.9. The average Bonchev–Trinajstić information content (AvgIpc) is 3.83. The van der Waals surface area contributed by atoms with Gasteiger partial charge in [0.15, 0.2) is 0 Å². The first-order valence-corrected chi connectivity index (χ1v) is 27.6. The summed E-state index contributed by atoms with van der Waals surface area (Å²) in [7, 11) is -2.02. The van der Waals surface area contributed by atoms with Crippen molar-refractivity contribution in [1.82, 2.24) is 0 Å². The van der Waals surface area contributed by atoms with Crippen LogP contribution in [0.15, 0.2) is 187 Å². The second-order valence-corrected chi connectivity index (χ2v) is 26.2. The standard InChI is InChI=1S/C66H54Si/c1-65(2)57-20-12-9-17-47(57)49-28-26-44(35-59(49)65)63-52-30-25-43(41-23-24-42-31-39-15-7-8-16-40(39)32-46(42)33-41)34-54(52)64(45-27-29-50-48-18-10-13-21-58(48)66(3,4)60(50)36-45)56-38-62-53(37-55(56)63)51-19-11-14-22-61(51)67(62,5)6/h8-14,16-38,55,63H,7,15H2,1-6H3/t55?,63-/m0/s1. The summed E-state index contributed by atoms with van der Waals surface area (Å²) in [6, 6.07) is 62.0. The Morgan fingerprint density at radius 1 is 0.522 bits per heavy atom. The highest BCUT2D eigenvalue weighted by molar-refractivity contribution is 7.00. The number of rotatable bonds is 3. The van der Waals surface area contributed by atoms with E-state index in [0.717, 1.165) is 12.8 Å². The van der Waals surface area contributed by atoms with Crippen LogP contribution in [0.4, 0.5) is 0 Å². The third-order valence-corrected chi connectivity index (χ3v) is 20.9. The zero-order chi connectivity index (χ0) is 45.1. The maximum atomic E-state index is 2.73. The molecule has 1 unspecified atom stereocenters. The zero-order valence-electron chi connectivity index (χ0n) is 39.4. The van der Waals surface area contributed by atoms with Gasteiger partial charge in [-0.2, -0.15) is 0 Å². The van der Waals surface area contributed by atoms with Crippen LogP contribution in [0.5, 0.6) is 0 Å². The number of benzene rings is 8. The molecule has 0 aromatic heterocycles. The highest BCUT2D eigenvalue weighted by atomic mass is 28.3. The van der Waals surface area contributed by atoms with E-state index in [1.54, 1.807) is 10.4 Å². The number of hydrogen-bond donors (Lipinski definition) is 0. The van der Waals surface area contributed by atoms with E-state index < -0.39 is 8.07 Å². The average molecular weight is 875 g/mol. The van der Waals surface area contributed by atoms with Crippen molar-refractivity contribution >= 4 is 41.3 Å². The monoisotopic (exact) mass is 874 g/mol. The van der Waals surface area contributed by atoms with Crippen LogP contribution < -0.4 is 5.19 Å². The van der Waals surface area contributed by atoms with Gasteiger partial charge in [0.05, 0.1) is 0 Å². The van der Waals surface area contributed by atoms with Gasteiger partial charge in [0.1, 0.15) is 8.07 Å². The van der Waals surface area contributed by atoms with Crippen molar-refractivity contribution in [2.45, 2.75) is 70.4 Å². The van der Waals surface area contributed by atoms with E-state index in [2.05, 4.69) is 223 Å². The highest BCUT2D eigenvalue weighted by Crippen LogP contribution is 2.58. The van der Waals surface area contributed by atoms with Crippen molar-refractivity contribution in [3.63, 3.8) is 0 Å². The van der Waals surface area contributed by atoms with E-state index in [1.165, 1.54) is 122 Å². The van der Waals surface area contributed by atoms with Crippen LogP contribution in [-0.4, -0.2) is 8.07 Å². The van der Waals surface area contributed by atoms with Crippen molar-refractivity contribution in [2.75, 3.05) is 0 Å². The molecule has 0 spiro atoms. The fraction of sp³-hybridized carbons (Fsp3) is 0.182. The van der Waals surface area contributed by atoms with Crippen LogP contribution >= 0.6 is 0 Å². The first-order valence-electron chi connectivity index (χ1n) is 24.6. The fourth-order valence-electron chi connectivity index (χ4n) is 13.8. The van der Waals surface area contributed by atoms with Crippen molar-refractivity contribution in [1.29, 1.82) is 0 Å². The van der Waals surface area contributed by atoms with Crippen molar-refractivity contribution < 1.29 is 0 Å². The summed E-state index contributed by atoms with van der Waals surface area (Å²) in [6.07, 6.45) is 12.3. The van der Waals surface area contributed by atoms with E-state index in [4.69, 9.17) is 0 Å². The smallest absolute Gasteiger partial charge is 0.0836 e. The van der Waals surface area contributed by atoms with Gasteiger partial charge >= 0.3 is 0 Å². The van der Waals surface area contributed by atoms with E-state index in [9.17, 15) is 0 Å². The Kier molecular flexibility index (Phi) is 8.02. The predicted octanol–water partition coefficient (Wildman–Crippen LogP) is 16.1. The minimum atomic E-state index is -2.02. The van der Waals surface area contributed by atoms with Crippen LogP contribution in [-0.2, 0) is 17.3 Å². The lowest BCUT2D eigenvalue weighted by atomic mass is 9.64. The minimum absolute atomic E-state index is 0.0921. The Morgan fingerprint density at radius 2 is 1.16 bits per heavy atom. The summed E-state index contributed by atoms with van der Waals surface area (Å²) in [5.41, 5.74) is 27.6. The van der Waals surface area contributed by atoms with Gasteiger partial charge in [-0.3, -0.25) is 0 Å². The van der Waals surface area contributed by atoms with Crippen LogP contribution in [0.3, 0.4) is 0 Å². The second-order valence-electron chi connectivity index (χ2n) is 21.9. The molecule has 6 aliphatic rings. The Labute approximate surface area is 396 Å². The molecule has 1 heteroatoms. The van der Waals surface area contributed by atoms with Crippen molar-refractivity contribution in [2.24, 2.45) is 5.92 Å². The van der Waals surface area contributed by atoms with Gasteiger partial charge in [-0.25, -0.2) is 0 Å². The zero-order valence-corrected chi connectivity index (χ0v) is 40.4. The summed E-state index contributed by atoms with van der Waals surface area (Å²) in [4.78, 5) is 0. The number of aryl methyl sites for hydroxylation is 1. The van der Waals surface area contributed by atoms with Crippen LogP contribution in [0.2, 0.25) is 13.1 Å². The summed E-state index contributed by atoms with van der Waals surface area (Å²) in [6.45, 7) is 14.9. The number of hydrogen-bond acceptors (Lipinski definition) is 0. The molecule has 0 N–H and O–H groups in total. The topological polar surface area (TPSA) is 0 Å². The van der Waals surface area contributed by atoms with Crippen LogP contribution in [0.1, 0.15) is 101 Å². The lowest BCUT2D eigenvalue weighted by Crippen LogP contribution is -2.40. The lowest BCUT2D eigenvalue weighted by molar-refractivity contribution is 0.636. The van der Waals surface area contributed by atoms with Gasteiger partial charge in [-0.05, 0) is 170 Å². The SMILES string of the molecule is CC1(C)c2ccccc2-c2ccc(C3=C4C=C5C(=CC4[C@@H](c4ccc6c(c4)C(C)(C)c4ccccc4-6)c4ccc(-c6ccc7cc8c(cc7c6)C=CCC8)cc43)c3ccccc3[Si]5(C)C)cc21. The maximum absolute atomic E-state index is 2.73. The molecule has 0 nitrogen and oxygen atoms in total. The van der Waals surface area contributed by atoms with Gasteiger partial charge < -0.3 is 0 Å². The quantitative estimate of drug-likeness (QED) is 0.155. The van der Waals surface area contributed by atoms with Crippen molar-refractivity contribution in [3.05, 3.63) is 248 Å². The molecule has 2 atom stereocenters. The first-order chi connectivity index (χ1) is 32.5.